The maximum Gasteiger partial charge on any atom is 0.608 e. The van der Waals surface area contributed by atoms with Crippen LogP contribution in [0.2, 0.25) is 0 Å². The van der Waals surface area contributed by atoms with Gasteiger partial charge in [0.1, 0.15) is 5.75 Å². The van der Waals surface area contributed by atoms with Gasteiger partial charge in [-0.3, -0.25) is 0 Å². The number of methoxy groups -OCH3 is 1. The Labute approximate surface area is 173 Å². The van der Waals surface area contributed by atoms with Crippen molar-refractivity contribution in [2.75, 3.05) is 7.11 Å². The molecule has 0 saturated heterocycles. The van der Waals surface area contributed by atoms with Gasteiger partial charge in [0.15, 0.2) is 11.8 Å². The fourth-order valence-electron chi connectivity index (χ4n) is 3.40. The van der Waals surface area contributed by atoms with Gasteiger partial charge >= 0.3 is 5.76 Å². The fourth-order valence-corrected chi connectivity index (χ4v) is 3.40. The summed E-state index contributed by atoms with van der Waals surface area (Å²) in [6.45, 7) is 13.3. The Hall–Kier alpha value is -2.62. The number of fused-ring (bicyclic) bond motifs is 1. The largest absolute Gasteiger partial charge is 0.608 e. The summed E-state index contributed by atoms with van der Waals surface area (Å²) in [4.78, 5) is 12.9. The van der Waals surface area contributed by atoms with E-state index in [1.807, 2.05) is 30.5 Å². The van der Waals surface area contributed by atoms with E-state index in [4.69, 9.17) is 9.15 Å². The van der Waals surface area contributed by atoms with Gasteiger partial charge in [-0.1, -0.05) is 52.2 Å². The molecule has 0 aliphatic rings. The monoisotopic (exact) mass is 394 g/mol. The molecule has 0 radical (unpaired) electrons. The molecule has 154 valence electrons. The zero-order valence-corrected chi connectivity index (χ0v) is 18.6. The number of aromatic nitrogens is 1. The molecule has 0 aliphatic heterocycles. The van der Waals surface area contributed by atoms with Gasteiger partial charge in [-0.05, 0) is 47.4 Å². The molecule has 0 unspecified atom stereocenters. The van der Waals surface area contributed by atoms with Gasteiger partial charge in [-0.15, -0.1) is 0 Å². The van der Waals surface area contributed by atoms with Crippen molar-refractivity contribution in [1.29, 1.82) is 0 Å². The van der Waals surface area contributed by atoms with Crippen LogP contribution in [-0.2, 0) is 10.8 Å². The van der Waals surface area contributed by atoms with Gasteiger partial charge in [-0.25, -0.2) is 0 Å². The van der Waals surface area contributed by atoms with E-state index in [9.17, 15) is 4.79 Å². The summed E-state index contributed by atoms with van der Waals surface area (Å²) in [6.07, 6.45) is 3.88. The van der Waals surface area contributed by atoms with Crippen LogP contribution in [0.25, 0.3) is 16.7 Å². The third kappa shape index (κ3) is 3.93. The van der Waals surface area contributed by atoms with Crippen LogP contribution < -0.4 is 15.1 Å². The highest BCUT2D eigenvalue weighted by Gasteiger charge is 2.29. The lowest BCUT2D eigenvalue weighted by Gasteiger charge is -2.29. The smallest absolute Gasteiger partial charge is 0.497 e. The molecule has 3 rings (SSSR count). The zero-order valence-electron chi connectivity index (χ0n) is 18.6. The summed E-state index contributed by atoms with van der Waals surface area (Å²) < 4.78 is 12.7. The predicted octanol–water partition coefficient (Wildman–Crippen LogP) is 5.45. The Morgan fingerprint density at radius 1 is 0.966 bits per heavy atom. The number of nitrogens with zero attached hydrogens (tertiary/aromatic N) is 1. The third-order valence-electron chi connectivity index (χ3n) is 6.40. The van der Waals surface area contributed by atoms with Gasteiger partial charge in [0.25, 0.3) is 0 Å². The molecule has 0 N–H and O–H groups in total. The van der Waals surface area contributed by atoms with Crippen LogP contribution in [0.15, 0.2) is 51.8 Å². The number of ether oxygens (including phenoxy) is 1. The Bertz CT molecular complexity index is 1080. The second-order valence-corrected chi connectivity index (χ2v) is 8.98. The minimum absolute atomic E-state index is 0.0356. The first-order valence-corrected chi connectivity index (χ1v) is 10.3. The zero-order chi connectivity index (χ0) is 21.4. The molecule has 0 spiro atoms. The van der Waals surface area contributed by atoms with Crippen LogP contribution in [0.5, 0.6) is 5.75 Å². The second kappa shape index (κ2) is 7.66. The van der Waals surface area contributed by atoms with E-state index in [1.54, 1.807) is 11.7 Å². The summed E-state index contributed by atoms with van der Waals surface area (Å²) in [5, 5.41) is 0.941. The normalized spacial score (nSPS) is 12.4. The van der Waals surface area contributed by atoms with Gasteiger partial charge in [0, 0.05) is 17.7 Å². The van der Waals surface area contributed by atoms with E-state index in [0.29, 0.717) is 5.58 Å². The lowest BCUT2D eigenvalue weighted by atomic mass is 9.76. The molecule has 4 nitrogen and oxygen atoms in total. The van der Waals surface area contributed by atoms with E-state index in [0.717, 1.165) is 35.2 Å². The molecule has 3 aromatic rings. The highest BCUT2D eigenvalue weighted by Crippen LogP contribution is 2.37. The lowest BCUT2D eigenvalue weighted by Crippen LogP contribution is -2.46. The Kier molecular flexibility index (Phi) is 5.57. The lowest BCUT2D eigenvalue weighted by molar-refractivity contribution is -0.623. The molecular weight excluding hydrogens is 362 g/mol. The van der Waals surface area contributed by atoms with E-state index in [-0.39, 0.29) is 10.8 Å². The first kappa shape index (κ1) is 21.1. The highest BCUT2D eigenvalue weighted by atomic mass is 16.5. The summed E-state index contributed by atoms with van der Waals surface area (Å²) >= 11 is 0. The molecule has 1 heterocycles. The summed E-state index contributed by atoms with van der Waals surface area (Å²) in [7, 11) is 1.63. The summed E-state index contributed by atoms with van der Waals surface area (Å²) in [6, 6.07) is 11.8. The number of benzene rings is 2. The predicted molar refractivity (Wildman–Crippen MR) is 117 cm³/mol. The minimum Gasteiger partial charge on any atom is -0.497 e. The van der Waals surface area contributed by atoms with Crippen molar-refractivity contribution in [1.82, 2.24) is 0 Å². The first-order chi connectivity index (χ1) is 13.6. The van der Waals surface area contributed by atoms with E-state index in [1.165, 1.54) is 5.56 Å². The van der Waals surface area contributed by atoms with Gasteiger partial charge in [0.05, 0.1) is 12.5 Å². The van der Waals surface area contributed by atoms with Crippen LogP contribution >= 0.6 is 0 Å². The second-order valence-electron chi connectivity index (χ2n) is 8.98. The molecule has 0 aliphatic carbocycles. The minimum atomic E-state index is -0.390. The maximum atomic E-state index is 12.9. The molecule has 0 bridgehead atoms. The van der Waals surface area contributed by atoms with Gasteiger partial charge in [-0.2, -0.15) is 4.79 Å². The maximum absolute atomic E-state index is 12.9. The summed E-state index contributed by atoms with van der Waals surface area (Å²) in [5.41, 5.74) is 3.72. The molecule has 0 saturated carbocycles. The average molecular weight is 395 g/mol. The molecule has 0 fully saturated rings. The molecule has 2 aromatic carbocycles. The Balaban J connectivity index is 2.31. The van der Waals surface area contributed by atoms with Crippen LogP contribution in [0.4, 0.5) is 0 Å². The molecular formula is C25H32NO3+. The van der Waals surface area contributed by atoms with E-state index < -0.39 is 5.76 Å². The van der Waals surface area contributed by atoms with Crippen molar-refractivity contribution < 1.29 is 13.7 Å². The Morgan fingerprint density at radius 3 is 2.14 bits per heavy atom. The topological polar surface area (TPSA) is 43.3 Å². The van der Waals surface area contributed by atoms with Crippen molar-refractivity contribution in [3.63, 3.8) is 0 Å². The molecule has 0 atom stereocenters. The van der Waals surface area contributed by atoms with Crippen LogP contribution in [0.3, 0.4) is 0 Å². The van der Waals surface area contributed by atoms with Crippen molar-refractivity contribution in [3.05, 3.63) is 64.3 Å². The quantitative estimate of drug-likeness (QED) is 0.522. The van der Waals surface area contributed by atoms with Crippen LogP contribution in [-0.4, -0.2) is 7.11 Å². The SMILES string of the molecule is CCC(C)(C)c1cc(C(C)(C)CC)c2oc(=O)[n+](-c3ccc(OC)cc3)cc2c1. The first-order valence-electron chi connectivity index (χ1n) is 10.3. The fraction of sp³-hybridized carbons (Fsp3) is 0.440. The van der Waals surface area contributed by atoms with E-state index >= 15 is 0 Å². The highest BCUT2D eigenvalue weighted by molar-refractivity contribution is 5.81. The van der Waals surface area contributed by atoms with Crippen molar-refractivity contribution in [3.8, 4) is 11.4 Å². The van der Waals surface area contributed by atoms with Crippen LogP contribution in [0.1, 0.15) is 65.5 Å². The number of hydrogen-bond donors (Lipinski definition) is 0. The van der Waals surface area contributed by atoms with Gasteiger partial charge < -0.3 is 9.15 Å². The number of rotatable bonds is 6. The number of hydrogen-bond acceptors (Lipinski definition) is 3. The van der Waals surface area contributed by atoms with Crippen molar-refractivity contribution >= 4 is 11.0 Å². The van der Waals surface area contributed by atoms with Gasteiger partial charge in [0.2, 0.25) is 5.69 Å². The van der Waals surface area contributed by atoms with Crippen molar-refractivity contribution in [2.45, 2.75) is 65.2 Å². The Morgan fingerprint density at radius 2 is 1.59 bits per heavy atom. The standard InChI is InChI=1S/C25H32NO3/c1-8-24(3,4)18-14-17-16-26(19-10-12-20(28-7)13-11-19)23(27)29-22(17)21(15-18)25(5,6)9-2/h10-16H,8-9H2,1-7H3/q+1. The van der Waals surface area contributed by atoms with Crippen molar-refractivity contribution in [2.24, 2.45) is 0 Å². The summed E-state index contributed by atoms with van der Waals surface area (Å²) in [5.74, 6) is 0.358. The average Bonchev–Trinajstić information content (AvgIpc) is 2.72. The molecule has 4 heteroatoms. The molecule has 29 heavy (non-hydrogen) atoms. The third-order valence-corrected chi connectivity index (χ3v) is 6.40. The van der Waals surface area contributed by atoms with E-state index in [2.05, 4.69) is 53.7 Å². The molecule has 0 amide bonds. The van der Waals surface area contributed by atoms with Crippen LogP contribution in [0, 0.1) is 0 Å². The molecule has 1 aromatic heterocycles.